The van der Waals surface area contributed by atoms with Crippen LogP contribution in [0.2, 0.25) is 0 Å². The molecule has 0 amide bonds. The Balaban J connectivity index is 2.01. The minimum Gasteiger partial charge on any atom is -0.299 e. The van der Waals surface area contributed by atoms with Gasteiger partial charge in [-0.25, -0.2) is 0 Å². The zero-order valence-corrected chi connectivity index (χ0v) is 12.6. The highest BCUT2D eigenvalue weighted by Gasteiger charge is 2.33. The third-order valence-electron chi connectivity index (χ3n) is 4.64. The number of unbranched alkanes of at least 4 members (excludes halogenated alkanes) is 7. The maximum Gasteiger partial charge on any atom is 0.138 e. The fourth-order valence-corrected chi connectivity index (χ4v) is 3.16. The molecule has 1 nitrogen and oxygen atoms in total. The van der Waals surface area contributed by atoms with Crippen molar-refractivity contribution in [3.8, 4) is 0 Å². The summed E-state index contributed by atoms with van der Waals surface area (Å²) in [6, 6.07) is 0. The van der Waals surface area contributed by atoms with Gasteiger partial charge in [0.05, 0.1) is 0 Å². The van der Waals surface area contributed by atoms with E-state index in [1.54, 1.807) is 0 Å². The van der Waals surface area contributed by atoms with Gasteiger partial charge in [-0.05, 0) is 19.3 Å². The summed E-state index contributed by atoms with van der Waals surface area (Å²) in [4.78, 5) is 12.0. The molecule has 0 aromatic carbocycles. The summed E-state index contributed by atoms with van der Waals surface area (Å²) in [6.45, 7) is 4.47. The summed E-state index contributed by atoms with van der Waals surface area (Å²) in [5.41, 5.74) is 0.0421. The Morgan fingerprint density at radius 1 is 0.944 bits per heavy atom. The SMILES string of the molecule is CCCCCCCCCC[C@]1(C)CCCCC1=O. The van der Waals surface area contributed by atoms with Crippen LogP contribution in [0.25, 0.3) is 0 Å². The van der Waals surface area contributed by atoms with Gasteiger partial charge in [-0.1, -0.05) is 71.6 Å². The number of carbonyl (C=O) groups is 1. The first-order valence-electron chi connectivity index (χ1n) is 8.22. The Kier molecular flexibility index (Phi) is 7.62. The number of Topliss-reactive ketones (excluding diaryl/α,β-unsaturated/α-hetero) is 1. The van der Waals surface area contributed by atoms with Crippen LogP contribution in [0.3, 0.4) is 0 Å². The molecule has 1 fully saturated rings. The van der Waals surface area contributed by atoms with Gasteiger partial charge in [0.1, 0.15) is 5.78 Å². The van der Waals surface area contributed by atoms with Crippen LogP contribution in [0.5, 0.6) is 0 Å². The zero-order chi connectivity index (χ0) is 13.3. The molecule has 0 unspecified atom stereocenters. The van der Waals surface area contributed by atoms with Crippen LogP contribution in [0.15, 0.2) is 0 Å². The minimum atomic E-state index is 0.0421. The molecule has 1 aliphatic rings. The lowest BCUT2D eigenvalue weighted by molar-refractivity contribution is -0.130. The molecule has 0 heterocycles. The van der Waals surface area contributed by atoms with Crippen molar-refractivity contribution in [2.75, 3.05) is 0 Å². The summed E-state index contributed by atoms with van der Waals surface area (Å²) >= 11 is 0. The normalized spacial score (nSPS) is 24.4. The first-order chi connectivity index (χ1) is 8.69. The maximum atomic E-state index is 12.0. The van der Waals surface area contributed by atoms with Gasteiger partial charge >= 0.3 is 0 Å². The highest BCUT2D eigenvalue weighted by molar-refractivity contribution is 5.85. The van der Waals surface area contributed by atoms with Gasteiger partial charge in [0.2, 0.25) is 0 Å². The minimum absolute atomic E-state index is 0.0421. The maximum absolute atomic E-state index is 12.0. The molecular weight excluding hydrogens is 220 g/mol. The molecule has 0 spiro atoms. The molecule has 18 heavy (non-hydrogen) atoms. The monoisotopic (exact) mass is 252 g/mol. The Morgan fingerprint density at radius 3 is 2.17 bits per heavy atom. The van der Waals surface area contributed by atoms with E-state index in [0.29, 0.717) is 5.78 Å². The average Bonchev–Trinajstić information content (AvgIpc) is 2.37. The van der Waals surface area contributed by atoms with E-state index < -0.39 is 0 Å². The van der Waals surface area contributed by atoms with Crippen LogP contribution in [0, 0.1) is 5.41 Å². The Morgan fingerprint density at radius 2 is 1.56 bits per heavy atom. The fraction of sp³-hybridized carbons (Fsp3) is 0.941. The lowest BCUT2D eigenvalue weighted by Gasteiger charge is -2.32. The molecule has 1 aliphatic carbocycles. The van der Waals surface area contributed by atoms with E-state index in [1.165, 1.54) is 57.8 Å². The summed E-state index contributed by atoms with van der Waals surface area (Å²) in [6.07, 6.45) is 16.4. The molecule has 1 heteroatoms. The molecule has 0 aliphatic heterocycles. The third kappa shape index (κ3) is 5.54. The van der Waals surface area contributed by atoms with Crippen molar-refractivity contribution in [3.63, 3.8) is 0 Å². The Labute approximate surface area is 114 Å². The summed E-state index contributed by atoms with van der Waals surface area (Å²) in [7, 11) is 0. The lowest BCUT2D eigenvalue weighted by Crippen LogP contribution is -2.30. The van der Waals surface area contributed by atoms with E-state index in [2.05, 4.69) is 13.8 Å². The van der Waals surface area contributed by atoms with Crippen molar-refractivity contribution < 1.29 is 4.79 Å². The quantitative estimate of drug-likeness (QED) is 0.483. The Bertz CT molecular complexity index is 234. The second-order valence-corrected chi connectivity index (χ2v) is 6.42. The zero-order valence-electron chi connectivity index (χ0n) is 12.6. The Hall–Kier alpha value is -0.330. The third-order valence-corrected chi connectivity index (χ3v) is 4.64. The van der Waals surface area contributed by atoms with E-state index in [0.717, 1.165) is 25.7 Å². The molecule has 0 saturated heterocycles. The largest absolute Gasteiger partial charge is 0.299 e. The van der Waals surface area contributed by atoms with Gasteiger partial charge in [0, 0.05) is 11.8 Å². The van der Waals surface area contributed by atoms with Gasteiger partial charge < -0.3 is 0 Å². The van der Waals surface area contributed by atoms with E-state index in [1.807, 2.05) is 0 Å². The van der Waals surface area contributed by atoms with Crippen molar-refractivity contribution in [2.24, 2.45) is 5.41 Å². The standard InChI is InChI=1S/C17H32O/c1-3-4-5-6-7-8-9-11-14-17(2)15-12-10-13-16(17)18/h3-15H2,1-2H3/t17-/m1/s1. The second kappa shape index (κ2) is 8.72. The predicted octanol–water partition coefficient (Wildman–Crippen LogP) is 5.67. The van der Waals surface area contributed by atoms with Crippen molar-refractivity contribution in [2.45, 2.75) is 97.3 Å². The molecule has 1 saturated carbocycles. The summed E-state index contributed by atoms with van der Waals surface area (Å²) in [5.74, 6) is 0.539. The summed E-state index contributed by atoms with van der Waals surface area (Å²) in [5, 5.41) is 0. The highest BCUT2D eigenvalue weighted by atomic mass is 16.1. The van der Waals surface area contributed by atoms with Gasteiger partial charge in [-0.2, -0.15) is 0 Å². The number of hydrogen-bond acceptors (Lipinski definition) is 1. The molecule has 106 valence electrons. The first kappa shape index (κ1) is 15.7. The van der Waals surface area contributed by atoms with Crippen molar-refractivity contribution in [3.05, 3.63) is 0 Å². The van der Waals surface area contributed by atoms with Crippen LogP contribution in [0.1, 0.15) is 97.3 Å². The topological polar surface area (TPSA) is 17.1 Å². The number of carbonyl (C=O) groups excluding carboxylic acids is 1. The predicted molar refractivity (Wildman–Crippen MR) is 78.8 cm³/mol. The summed E-state index contributed by atoms with van der Waals surface area (Å²) < 4.78 is 0. The molecule has 1 atom stereocenters. The van der Waals surface area contributed by atoms with Crippen LogP contribution < -0.4 is 0 Å². The lowest BCUT2D eigenvalue weighted by atomic mass is 9.71. The van der Waals surface area contributed by atoms with Gasteiger partial charge in [-0.15, -0.1) is 0 Å². The molecule has 0 aromatic heterocycles. The number of hydrogen-bond donors (Lipinski definition) is 0. The molecular formula is C17H32O. The first-order valence-corrected chi connectivity index (χ1v) is 8.22. The molecule has 0 radical (unpaired) electrons. The molecule has 0 bridgehead atoms. The van der Waals surface area contributed by atoms with Crippen molar-refractivity contribution >= 4 is 5.78 Å². The van der Waals surface area contributed by atoms with Crippen molar-refractivity contribution in [1.82, 2.24) is 0 Å². The highest BCUT2D eigenvalue weighted by Crippen LogP contribution is 2.37. The van der Waals surface area contributed by atoms with E-state index in [9.17, 15) is 4.79 Å². The van der Waals surface area contributed by atoms with Gasteiger partial charge in [0.25, 0.3) is 0 Å². The van der Waals surface area contributed by atoms with Crippen LogP contribution >= 0.6 is 0 Å². The number of rotatable bonds is 9. The van der Waals surface area contributed by atoms with Gasteiger partial charge in [-0.3, -0.25) is 4.79 Å². The van der Waals surface area contributed by atoms with E-state index in [4.69, 9.17) is 0 Å². The molecule has 0 N–H and O–H groups in total. The van der Waals surface area contributed by atoms with E-state index >= 15 is 0 Å². The average molecular weight is 252 g/mol. The number of ketones is 1. The molecule has 0 aromatic rings. The van der Waals surface area contributed by atoms with Crippen LogP contribution in [-0.4, -0.2) is 5.78 Å². The van der Waals surface area contributed by atoms with Gasteiger partial charge in [0.15, 0.2) is 0 Å². The van der Waals surface area contributed by atoms with Crippen LogP contribution in [-0.2, 0) is 4.79 Å². The van der Waals surface area contributed by atoms with E-state index in [-0.39, 0.29) is 5.41 Å². The fourth-order valence-electron chi connectivity index (χ4n) is 3.16. The van der Waals surface area contributed by atoms with Crippen LogP contribution in [0.4, 0.5) is 0 Å². The smallest absolute Gasteiger partial charge is 0.138 e. The molecule has 1 rings (SSSR count). The van der Waals surface area contributed by atoms with Crippen molar-refractivity contribution in [1.29, 1.82) is 0 Å². The second-order valence-electron chi connectivity index (χ2n) is 6.42.